The van der Waals surface area contributed by atoms with Gasteiger partial charge in [-0.15, -0.1) is 0 Å². The molecule has 0 atom stereocenters. The van der Waals surface area contributed by atoms with Crippen LogP contribution in [0, 0.1) is 0 Å². The maximum Gasteiger partial charge on any atom is 1.00 e. The Morgan fingerprint density at radius 3 is 2.21 bits per heavy atom. The number of hydrogen-bond donors (Lipinski definition) is 0. The molecule has 28 heavy (non-hydrogen) atoms. The molecule has 0 aliphatic rings. The van der Waals surface area contributed by atoms with Crippen LogP contribution in [-0.4, -0.2) is 20.9 Å². The van der Waals surface area contributed by atoms with Crippen molar-refractivity contribution in [3.63, 3.8) is 0 Å². The molecule has 5 rings (SSSR count). The van der Waals surface area contributed by atoms with E-state index in [9.17, 15) is 9.90 Å². The molecule has 0 saturated carbocycles. The first-order valence-electron chi connectivity index (χ1n) is 8.46. The number of aromatic nitrogens is 3. The van der Waals surface area contributed by atoms with Gasteiger partial charge in [-0.3, -0.25) is 9.97 Å². The second-order valence-corrected chi connectivity index (χ2v) is 6.26. The zero-order chi connectivity index (χ0) is 18.4. The SMILES string of the molecule is O=C([O-])c1ccc(-c2ccc3ccc4cccnc4c3n2)c2cccnc12.[K+]. The molecular formula is C22H12KN3O2. The van der Waals surface area contributed by atoms with Crippen molar-refractivity contribution in [1.29, 1.82) is 0 Å². The molecule has 0 N–H and O–H groups in total. The number of nitrogens with zero attached hydrogens (tertiary/aromatic N) is 3. The third-order valence-corrected chi connectivity index (χ3v) is 4.70. The molecule has 0 unspecified atom stereocenters. The van der Waals surface area contributed by atoms with Crippen molar-refractivity contribution in [3.05, 3.63) is 78.6 Å². The maximum atomic E-state index is 11.4. The van der Waals surface area contributed by atoms with E-state index in [1.807, 2.05) is 42.5 Å². The van der Waals surface area contributed by atoms with Gasteiger partial charge in [0.2, 0.25) is 0 Å². The van der Waals surface area contributed by atoms with Crippen LogP contribution in [0.15, 0.2) is 73.1 Å². The summed E-state index contributed by atoms with van der Waals surface area (Å²) >= 11 is 0. The molecule has 0 amide bonds. The van der Waals surface area contributed by atoms with Crippen molar-refractivity contribution in [3.8, 4) is 11.3 Å². The normalized spacial score (nSPS) is 10.9. The number of carbonyl (C=O) groups excluding carboxylic acids is 1. The molecule has 6 heteroatoms. The average Bonchev–Trinajstić information content (AvgIpc) is 2.72. The van der Waals surface area contributed by atoms with Crippen molar-refractivity contribution in [1.82, 2.24) is 15.0 Å². The molecule has 0 radical (unpaired) electrons. The Bertz CT molecular complexity index is 1370. The summed E-state index contributed by atoms with van der Waals surface area (Å²) in [5.41, 5.74) is 3.67. The first-order chi connectivity index (χ1) is 13.2. The summed E-state index contributed by atoms with van der Waals surface area (Å²) < 4.78 is 0. The number of rotatable bonds is 2. The molecule has 2 aromatic carbocycles. The minimum Gasteiger partial charge on any atom is -0.545 e. The van der Waals surface area contributed by atoms with Gasteiger partial charge in [-0.25, -0.2) is 4.98 Å². The van der Waals surface area contributed by atoms with Crippen LogP contribution in [0.1, 0.15) is 10.4 Å². The van der Waals surface area contributed by atoms with Crippen LogP contribution in [0.4, 0.5) is 0 Å². The number of benzene rings is 2. The molecule has 128 valence electrons. The van der Waals surface area contributed by atoms with Crippen molar-refractivity contribution in [2.75, 3.05) is 0 Å². The summed E-state index contributed by atoms with van der Waals surface area (Å²) in [6.45, 7) is 0. The van der Waals surface area contributed by atoms with Gasteiger partial charge in [0.1, 0.15) is 0 Å². The number of fused-ring (bicyclic) bond motifs is 4. The molecule has 0 fully saturated rings. The third kappa shape index (κ3) is 3.13. The number of carbonyl (C=O) groups is 1. The number of aromatic carboxylic acids is 1. The second kappa shape index (κ2) is 7.65. The summed E-state index contributed by atoms with van der Waals surface area (Å²) in [5.74, 6) is -1.24. The van der Waals surface area contributed by atoms with Crippen LogP contribution >= 0.6 is 0 Å². The summed E-state index contributed by atoms with van der Waals surface area (Å²) in [4.78, 5) is 25.0. The quantitative estimate of drug-likeness (QED) is 0.322. The zero-order valence-corrected chi connectivity index (χ0v) is 18.2. The van der Waals surface area contributed by atoms with Crippen LogP contribution in [0.2, 0.25) is 0 Å². The zero-order valence-electron chi connectivity index (χ0n) is 15.1. The molecule has 5 nitrogen and oxygen atoms in total. The summed E-state index contributed by atoms with van der Waals surface area (Å²) in [7, 11) is 0. The monoisotopic (exact) mass is 389 g/mol. The van der Waals surface area contributed by atoms with Crippen LogP contribution in [-0.2, 0) is 0 Å². The van der Waals surface area contributed by atoms with Gasteiger partial charge in [-0.2, -0.15) is 0 Å². The van der Waals surface area contributed by atoms with Gasteiger partial charge in [-0.05, 0) is 18.2 Å². The molecule has 0 aliphatic heterocycles. The smallest absolute Gasteiger partial charge is 0.545 e. The summed E-state index contributed by atoms with van der Waals surface area (Å²) in [6, 6.07) is 18.8. The van der Waals surface area contributed by atoms with Crippen LogP contribution in [0.25, 0.3) is 44.0 Å². The molecule has 0 bridgehead atoms. The Labute approximate surface area is 202 Å². The Kier molecular flexibility index (Phi) is 5.22. The first-order valence-corrected chi connectivity index (χ1v) is 8.46. The number of carboxylic acids is 1. The molecule has 0 spiro atoms. The molecule has 0 saturated heterocycles. The number of hydrogen-bond acceptors (Lipinski definition) is 5. The van der Waals surface area contributed by atoms with Crippen LogP contribution in [0.3, 0.4) is 0 Å². The number of pyridine rings is 3. The van der Waals surface area contributed by atoms with E-state index in [2.05, 4.69) is 9.97 Å². The fraction of sp³-hybridized carbons (Fsp3) is 0. The van der Waals surface area contributed by atoms with E-state index < -0.39 is 5.97 Å². The largest absolute Gasteiger partial charge is 1.00 e. The maximum absolute atomic E-state index is 11.4. The molecule has 3 aromatic heterocycles. The van der Waals surface area contributed by atoms with Gasteiger partial charge >= 0.3 is 51.4 Å². The first kappa shape index (κ1) is 19.1. The van der Waals surface area contributed by atoms with E-state index in [1.165, 1.54) is 6.07 Å². The van der Waals surface area contributed by atoms with Gasteiger partial charge in [0, 0.05) is 39.7 Å². The van der Waals surface area contributed by atoms with E-state index in [0.29, 0.717) is 5.52 Å². The summed E-state index contributed by atoms with van der Waals surface area (Å²) in [6.07, 6.45) is 3.33. The Balaban J connectivity index is 0.00000192. The van der Waals surface area contributed by atoms with E-state index in [0.717, 1.165) is 38.4 Å². The molecule has 5 aromatic rings. The second-order valence-electron chi connectivity index (χ2n) is 6.26. The van der Waals surface area contributed by atoms with E-state index in [4.69, 9.17) is 4.98 Å². The van der Waals surface area contributed by atoms with Crippen molar-refractivity contribution >= 4 is 38.7 Å². The average molecular weight is 389 g/mol. The van der Waals surface area contributed by atoms with Crippen molar-refractivity contribution in [2.45, 2.75) is 0 Å². The standard InChI is InChI=1S/C22H13N3O2.K/c26-22(27)17-9-8-15(16-4-2-12-24-21(16)17)18-10-7-14-6-5-13-3-1-11-23-19(13)20(14)25-18;/h1-12H,(H,26,27);/q;+1/p-1. The fourth-order valence-electron chi connectivity index (χ4n) is 3.43. The van der Waals surface area contributed by atoms with Crippen LogP contribution in [0.5, 0.6) is 0 Å². The van der Waals surface area contributed by atoms with Gasteiger partial charge in [0.05, 0.1) is 28.2 Å². The van der Waals surface area contributed by atoms with Gasteiger partial charge < -0.3 is 9.90 Å². The van der Waals surface area contributed by atoms with Crippen LogP contribution < -0.4 is 56.5 Å². The van der Waals surface area contributed by atoms with Crippen molar-refractivity contribution < 1.29 is 61.3 Å². The van der Waals surface area contributed by atoms with Gasteiger partial charge in [0.25, 0.3) is 0 Å². The van der Waals surface area contributed by atoms with E-state index in [-0.39, 0.29) is 56.9 Å². The molecule has 0 aliphatic carbocycles. The minimum absolute atomic E-state index is 0. The Morgan fingerprint density at radius 1 is 0.750 bits per heavy atom. The van der Waals surface area contributed by atoms with Gasteiger partial charge in [0.15, 0.2) is 0 Å². The van der Waals surface area contributed by atoms with E-state index >= 15 is 0 Å². The third-order valence-electron chi connectivity index (χ3n) is 4.70. The topological polar surface area (TPSA) is 78.8 Å². The number of carboxylic acid groups (broad SMARTS) is 1. The summed E-state index contributed by atoms with van der Waals surface area (Å²) in [5, 5.41) is 14.2. The Hall–Kier alpha value is -2.22. The molecular weight excluding hydrogens is 377 g/mol. The minimum atomic E-state index is -1.24. The predicted molar refractivity (Wildman–Crippen MR) is 102 cm³/mol. The van der Waals surface area contributed by atoms with E-state index in [1.54, 1.807) is 24.5 Å². The predicted octanol–water partition coefficient (Wildman–Crippen LogP) is 0.366. The molecule has 3 heterocycles. The van der Waals surface area contributed by atoms with Crippen molar-refractivity contribution in [2.24, 2.45) is 0 Å². The Morgan fingerprint density at radius 2 is 1.43 bits per heavy atom. The van der Waals surface area contributed by atoms with Gasteiger partial charge in [-0.1, -0.05) is 42.5 Å². The fourth-order valence-corrected chi connectivity index (χ4v) is 3.43.